The van der Waals surface area contributed by atoms with Gasteiger partial charge in [0.05, 0.1) is 11.9 Å². The van der Waals surface area contributed by atoms with Gasteiger partial charge in [0.2, 0.25) is 21.8 Å². The zero-order chi connectivity index (χ0) is 30.0. The lowest BCUT2D eigenvalue weighted by atomic mass is 10.0. The number of aryl methyl sites for hydroxylation is 1. The molecule has 0 aromatic heterocycles. The predicted octanol–water partition coefficient (Wildman–Crippen LogP) is 5.24. The second-order valence-corrected chi connectivity index (χ2v) is 12.3. The summed E-state index contributed by atoms with van der Waals surface area (Å²) in [5.74, 6) is -1.18. The Morgan fingerprint density at radius 2 is 1.61 bits per heavy atom. The molecule has 0 saturated heterocycles. The zero-order valence-electron chi connectivity index (χ0n) is 24.2. The Bertz CT molecular complexity index is 1420. The Labute approximate surface area is 243 Å². The lowest BCUT2D eigenvalue weighted by Crippen LogP contribution is -2.52. The number of sulfonamides is 1. The molecule has 0 bridgehead atoms. The molecule has 0 aliphatic carbocycles. The number of anilines is 1. The van der Waals surface area contributed by atoms with Gasteiger partial charge in [0, 0.05) is 32.0 Å². The van der Waals surface area contributed by atoms with E-state index >= 15 is 0 Å². The highest BCUT2D eigenvalue weighted by molar-refractivity contribution is 7.92. The van der Waals surface area contributed by atoms with Crippen LogP contribution in [0.1, 0.15) is 49.8 Å². The van der Waals surface area contributed by atoms with Crippen LogP contribution in [0.5, 0.6) is 0 Å². The molecule has 0 heterocycles. The van der Waals surface area contributed by atoms with E-state index in [0.29, 0.717) is 6.42 Å². The summed E-state index contributed by atoms with van der Waals surface area (Å²) in [5, 5.41) is 3.04. The molecule has 3 rings (SSSR count). The molecule has 1 N–H and O–H groups in total. The molecule has 3 aromatic rings. The molecular weight excluding hydrogens is 541 g/mol. The fourth-order valence-corrected chi connectivity index (χ4v) is 5.60. The highest BCUT2D eigenvalue weighted by Gasteiger charge is 2.31. The Morgan fingerprint density at radius 3 is 2.24 bits per heavy atom. The van der Waals surface area contributed by atoms with Crippen molar-refractivity contribution in [3.8, 4) is 0 Å². The topological polar surface area (TPSA) is 86.8 Å². The maximum atomic E-state index is 14.5. The summed E-state index contributed by atoms with van der Waals surface area (Å²) in [6, 6.07) is 22.1. The van der Waals surface area contributed by atoms with Gasteiger partial charge in [-0.1, -0.05) is 79.2 Å². The molecule has 9 heteroatoms. The van der Waals surface area contributed by atoms with Crippen molar-refractivity contribution in [2.45, 2.75) is 65.1 Å². The average Bonchev–Trinajstić information content (AvgIpc) is 2.93. The minimum atomic E-state index is -3.79. The first-order valence-electron chi connectivity index (χ1n) is 13.9. The van der Waals surface area contributed by atoms with Crippen molar-refractivity contribution >= 4 is 27.5 Å². The van der Waals surface area contributed by atoms with E-state index in [2.05, 4.69) is 5.32 Å². The Kier molecular flexibility index (Phi) is 11.5. The molecule has 0 spiro atoms. The monoisotopic (exact) mass is 581 g/mol. The predicted molar refractivity (Wildman–Crippen MR) is 161 cm³/mol. The molecule has 0 radical (unpaired) electrons. The number of nitrogens with zero attached hydrogens (tertiary/aromatic N) is 2. The second kappa shape index (κ2) is 14.8. The van der Waals surface area contributed by atoms with Crippen LogP contribution in [-0.4, -0.2) is 50.0 Å². The van der Waals surface area contributed by atoms with E-state index in [1.165, 1.54) is 18.2 Å². The third kappa shape index (κ3) is 9.42. The SMILES string of the molecule is CC[C@H](C)NC(=O)[C@H](Cc1ccccc1)N(Cc1cccc(C)c1)C(=O)CCCN(c1ccccc1F)S(C)(=O)=O. The standard InChI is InChI=1S/C32H40FN3O4S/c1-5-25(3)34-32(38)30(22-26-14-7-6-8-15-26)35(23-27-16-11-13-24(2)21-27)31(37)19-12-20-36(41(4,39)40)29-18-10-9-17-28(29)33/h6-11,13-18,21,25,30H,5,12,19-20,22-23H2,1-4H3,(H,34,38)/t25-,30-/m0/s1. The summed E-state index contributed by atoms with van der Waals surface area (Å²) < 4.78 is 40.5. The van der Waals surface area contributed by atoms with E-state index in [1.807, 2.05) is 75.4 Å². The minimum absolute atomic E-state index is 0.0197. The smallest absolute Gasteiger partial charge is 0.243 e. The fourth-order valence-electron chi connectivity index (χ4n) is 4.64. The van der Waals surface area contributed by atoms with Crippen LogP contribution < -0.4 is 9.62 Å². The summed E-state index contributed by atoms with van der Waals surface area (Å²) in [7, 11) is -3.79. The normalized spacial score (nSPS) is 12.8. The van der Waals surface area contributed by atoms with Crippen LogP contribution in [-0.2, 0) is 32.6 Å². The maximum Gasteiger partial charge on any atom is 0.243 e. The molecule has 2 amide bonds. The quantitative estimate of drug-likeness (QED) is 0.282. The Balaban J connectivity index is 1.90. The number of halogens is 1. The van der Waals surface area contributed by atoms with E-state index in [4.69, 9.17) is 0 Å². The molecule has 7 nitrogen and oxygen atoms in total. The van der Waals surface area contributed by atoms with Crippen LogP contribution >= 0.6 is 0 Å². The van der Waals surface area contributed by atoms with Crippen LogP contribution in [0.25, 0.3) is 0 Å². The van der Waals surface area contributed by atoms with E-state index in [0.717, 1.165) is 33.7 Å². The molecule has 0 aliphatic rings. The first kappa shape index (κ1) is 31.8. The van der Waals surface area contributed by atoms with Crippen molar-refractivity contribution in [2.24, 2.45) is 0 Å². The van der Waals surface area contributed by atoms with Gasteiger partial charge in [-0.2, -0.15) is 0 Å². The van der Waals surface area contributed by atoms with Gasteiger partial charge in [0.25, 0.3) is 0 Å². The molecule has 220 valence electrons. The first-order valence-corrected chi connectivity index (χ1v) is 15.8. The van der Waals surface area contributed by atoms with Gasteiger partial charge in [-0.3, -0.25) is 13.9 Å². The van der Waals surface area contributed by atoms with Crippen molar-refractivity contribution in [2.75, 3.05) is 17.1 Å². The molecule has 2 atom stereocenters. The average molecular weight is 582 g/mol. The summed E-state index contributed by atoms with van der Waals surface area (Å²) in [6.45, 7) is 6.01. The number of benzene rings is 3. The van der Waals surface area contributed by atoms with Gasteiger partial charge in [0.15, 0.2) is 0 Å². The fraction of sp³-hybridized carbons (Fsp3) is 0.375. The molecule has 0 unspecified atom stereocenters. The third-order valence-corrected chi connectivity index (χ3v) is 8.16. The van der Waals surface area contributed by atoms with E-state index in [9.17, 15) is 22.4 Å². The first-order chi connectivity index (χ1) is 19.5. The van der Waals surface area contributed by atoms with Crippen molar-refractivity contribution < 1.29 is 22.4 Å². The highest BCUT2D eigenvalue weighted by Crippen LogP contribution is 2.23. The number of amides is 2. The van der Waals surface area contributed by atoms with Gasteiger partial charge in [-0.15, -0.1) is 0 Å². The van der Waals surface area contributed by atoms with Gasteiger partial charge in [0.1, 0.15) is 11.9 Å². The summed E-state index contributed by atoms with van der Waals surface area (Å²) >= 11 is 0. The van der Waals surface area contributed by atoms with Crippen molar-refractivity contribution in [3.63, 3.8) is 0 Å². The molecule has 0 saturated carbocycles. The molecule has 3 aromatic carbocycles. The Hall–Kier alpha value is -3.72. The van der Waals surface area contributed by atoms with Crippen LogP contribution in [0, 0.1) is 12.7 Å². The van der Waals surface area contributed by atoms with E-state index < -0.39 is 21.9 Å². The number of hydrogen-bond acceptors (Lipinski definition) is 4. The van der Waals surface area contributed by atoms with Gasteiger partial charge >= 0.3 is 0 Å². The third-order valence-electron chi connectivity index (χ3n) is 6.98. The second-order valence-electron chi connectivity index (χ2n) is 10.4. The lowest BCUT2D eigenvalue weighted by molar-refractivity contribution is -0.141. The number of carbonyl (C=O) groups excluding carboxylic acids is 2. The number of hydrogen-bond donors (Lipinski definition) is 1. The van der Waals surface area contributed by atoms with Gasteiger partial charge in [-0.25, -0.2) is 12.8 Å². The van der Waals surface area contributed by atoms with Crippen LogP contribution in [0.15, 0.2) is 78.9 Å². The maximum absolute atomic E-state index is 14.5. The van der Waals surface area contributed by atoms with Crippen molar-refractivity contribution in [1.29, 1.82) is 0 Å². The summed E-state index contributed by atoms with van der Waals surface area (Å²) in [5.41, 5.74) is 2.78. The van der Waals surface area contributed by atoms with Crippen LogP contribution in [0.3, 0.4) is 0 Å². The summed E-state index contributed by atoms with van der Waals surface area (Å²) in [4.78, 5) is 29.1. The van der Waals surface area contributed by atoms with Crippen molar-refractivity contribution in [1.82, 2.24) is 10.2 Å². The number of carbonyl (C=O) groups is 2. The molecular formula is C32H40FN3O4S. The highest BCUT2D eigenvalue weighted by atomic mass is 32.2. The molecule has 41 heavy (non-hydrogen) atoms. The van der Waals surface area contributed by atoms with E-state index in [1.54, 1.807) is 11.0 Å². The largest absolute Gasteiger partial charge is 0.352 e. The number of para-hydroxylation sites is 1. The molecule has 0 fully saturated rings. The van der Waals surface area contributed by atoms with Gasteiger partial charge in [-0.05, 0) is 49.9 Å². The van der Waals surface area contributed by atoms with Gasteiger partial charge < -0.3 is 10.2 Å². The van der Waals surface area contributed by atoms with Crippen LogP contribution in [0.4, 0.5) is 10.1 Å². The van der Waals surface area contributed by atoms with E-state index in [-0.39, 0.29) is 49.5 Å². The number of rotatable bonds is 14. The van der Waals surface area contributed by atoms with Crippen LogP contribution in [0.2, 0.25) is 0 Å². The molecule has 0 aliphatic heterocycles. The minimum Gasteiger partial charge on any atom is -0.352 e. The lowest BCUT2D eigenvalue weighted by Gasteiger charge is -2.33. The number of nitrogens with one attached hydrogen (secondary N) is 1. The Morgan fingerprint density at radius 1 is 0.951 bits per heavy atom. The zero-order valence-corrected chi connectivity index (χ0v) is 25.0. The van der Waals surface area contributed by atoms with Crippen molar-refractivity contribution in [3.05, 3.63) is 101 Å². The summed E-state index contributed by atoms with van der Waals surface area (Å²) in [6.07, 6.45) is 2.21.